The van der Waals surface area contributed by atoms with Crippen molar-refractivity contribution in [3.8, 4) is 0 Å². The van der Waals surface area contributed by atoms with E-state index in [1.807, 2.05) is 36.4 Å². The van der Waals surface area contributed by atoms with Crippen LogP contribution in [0.3, 0.4) is 0 Å². The van der Waals surface area contributed by atoms with Gasteiger partial charge in [-0.15, -0.1) is 0 Å². The molecule has 0 atom stereocenters. The summed E-state index contributed by atoms with van der Waals surface area (Å²) >= 11 is 0. The van der Waals surface area contributed by atoms with E-state index >= 15 is 0 Å². The van der Waals surface area contributed by atoms with Crippen molar-refractivity contribution in [1.82, 2.24) is 0 Å². The smallest absolute Gasteiger partial charge is 0.255 e. The van der Waals surface area contributed by atoms with Crippen LogP contribution in [0.4, 0.5) is 17.1 Å². The summed E-state index contributed by atoms with van der Waals surface area (Å²) in [4.78, 5) is 24.7. The van der Waals surface area contributed by atoms with Gasteiger partial charge in [0.05, 0.1) is 6.42 Å². The van der Waals surface area contributed by atoms with Gasteiger partial charge in [0.1, 0.15) is 0 Å². The number of hydrogen-bond acceptors (Lipinski definition) is 3. The molecule has 0 aliphatic carbocycles. The Morgan fingerprint density at radius 1 is 0.767 bits per heavy atom. The quantitative estimate of drug-likeness (QED) is 0.526. The first-order chi connectivity index (χ1) is 14.2. The number of anilines is 3. The largest absolute Gasteiger partial charge is 0.399 e. The van der Waals surface area contributed by atoms with E-state index in [1.54, 1.807) is 36.4 Å². The molecule has 3 rings (SSSR count). The van der Waals surface area contributed by atoms with Gasteiger partial charge in [0.2, 0.25) is 5.91 Å². The molecule has 0 aliphatic heterocycles. The van der Waals surface area contributed by atoms with Gasteiger partial charge in [0.15, 0.2) is 0 Å². The molecule has 2 amide bonds. The average Bonchev–Trinajstić information content (AvgIpc) is 2.70. The minimum Gasteiger partial charge on any atom is -0.399 e. The van der Waals surface area contributed by atoms with Gasteiger partial charge in [-0.25, -0.2) is 0 Å². The molecule has 0 bridgehead atoms. The highest BCUT2D eigenvalue weighted by molar-refractivity contribution is 6.04. The zero-order valence-electron chi connectivity index (χ0n) is 17.5. The lowest BCUT2D eigenvalue weighted by atomic mass is 9.87. The zero-order valence-corrected chi connectivity index (χ0v) is 17.5. The van der Waals surface area contributed by atoms with Crippen LogP contribution in [-0.2, 0) is 16.6 Å². The molecular weight excluding hydrogens is 374 g/mol. The van der Waals surface area contributed by atoms with Gasteiger partial charge < -0.3 is 16.4 Å². The topological polar surface area (TPSA) is 84.2 Å². The second-order valence-electron chi connectivity index (χ2n) is 8.33. The van der Waals surface area contributed by atoms with Crippen LogP contribution in [0.1, 0.15) is 42.3 Å². The highest BCUT2D eigenvalue weighted by Gasteiger charge is 2.14. The van der Waals surface area contributed by atoms with Crippen molar-refractivity contribution in [2.75, 3.05) is 16.4 Å². The molecule has 5 heteroatoms. The zero-order chi connectivity index (χ0) is 21.7. The molecule has 0 aromatic heterocycles. The fourth-order valence-corrected chi connectivity index (χ4v) is 2.99. The van der Waals surface area contributed by atoms with E-state index in [-0.39, 0.29) is 23.7 Å². The Kier molecular flexibility index (Phi) is 6.21. The molecule has 4 N–H and O–H groups in total. The van der Waals surface area contributed by atoms with Gasteiger partial charge in [-0.1, -0.05) is 45.0 Å². The van der Waals surface area contributed by atoms with Crippen LogP contribution < -0.4 is 16.4 Å². The number of nitrogens with one attached hydrogen (secondary N) is 2. The highest BCUT2D eigenvalue weighted by Crippen LogP contribution is 2.22. The van der Waals surface area contributed by atoms with Gasteiger partial charge in [-0.3, -0.25) is 9.59 Å². The summed E-state index contributed by atoms with van der Waals surface area (Å²) < 4.78 is 0. The number of benzene rings is 3. The normalized spacial score (nSPS) is 11.0. The third kappa shape index (κ3) is 5.70. The molecule has 0 saturated heterocycles. The van der Waals surface area contributed by atoms with E-state index in [0.29, 0.717) is 22.6 Å². The standard InChI is InChI=1S/C25H27N3O2/c1-25(2,3)19-8-6-18(7-9-19)24(30)28-22-14-12-21(13-15-22)27-23(29)16-17-4-10-20(26)11-5-17/h4-15H,16,26H2,1-3H3,(H,27,29)(H,28,30). The van der Waals surface area contributed by atoms with E-state index in [4.69, 9.17) is 5.73 Å². The number of carbonyl (C=O) groups excluding carboxylic acids is 2. The molecule has 154 valence electrons. The van der Waals surface area contributed by atoms with Crippen LogP contribution in [0.15, 0.2) is 72.8 Å². The van der Waals surface area contributed by atoms with E-state index in [0.717, 1.165) is 5.56 Å². The Labute approximate surface area is 177 Å². The van der Waals surface area contributed by atoms with Gasteiger partial charge in [0, 0.05) is 22.6 Å². The van der Waals surface area contributed by atoms with Gasteiger partial charge in [0.25, 0.3) is 5.91 Å². The summed E-state index contributed by atoms with van der Waals surface area (Å²) in [6.45, 7) is 6.41. The summed E-state index contributed by atoms with van der Waals surface area (Å²) in [7, 11) is 0. The van der Waals surface area contributed by atoms with E-state index in [1.165, 1.54) is 5.56 Å². The molecule has 0 aliphatic rings. The molecule has 3 aromatic rings. The fraction of sp³-hybridized carbons (Fsp3) is 0.200. The van der Waals surface area contributed by atoms with Crippen LogP contribution in [0, 0.1) is 0 Å². The summed E-state index contributed by atoms with van der Waals surface area (Å²) in [5.41, 5.74) is 10.4. The predicted octanol–water partition coefficient (Wildman–Crippen LogP) is 5.00. The van der Waals surface area contributed by atoms with E-state index in [9.17, 15) is 9.59 Å². The molecule has 0 spiro atoms. The van der Waals surface area contributed by atoms with Crippen LogP contribution in [0.25, 0.3) is 0 Å². The number of rotatable bonds is 5. The molecule has 30 heavy (non-hydrogen) atoms. The SMILES string of the molecule is CC(C)(C)c1ccc(C(=O)Nc2ccc(NC(=O)Cc3ccc(N)cc3)cc2)cc1. The fourth-order valence-electron chi connectivity index (χ4n) is 2.99. The maximum Gasteiger partial charge on any atom is 0.255 e. The lowest BCUT2D eigenvalue weighted by molar-refractivity contribution is -0.115. The molecule has 0 radical (unpaired) electrons. The number of amides is 2. The summed E-state index contributed by atoms with van der Waals surface area (Å²) in [6.07, 6.45) is 0.267. The maximum absolute atomic E-state index is 12.5. The predicted molar refractivity (Wildman–Crippen MR) is 123 cm³/mol. The average molecular weight is 402 g/mol. The Morgan fingerprint density at radius 3 is 1.83 bits per heavy atom. The molecule has 5 nitrogen and oxygen atoms in total. The van der Waals surface area contributed by atoms with E-state index in [2.05, 4.69) is 31.4 Å². The number of carbonyl (C=O) groups is 2. The van der Waals surface area contributed by atoms with Gasteiger partial charge >= 0.3 is 0 Å². The first-order valence-electron chi connectivity index (χ1n) is 9.87. The first-order valence-corrected chi connectivity index (χ1v) is 9.87. The summed E-state index contributed by atoms with van der Waals surface area (Å²) in [6, 6.07) is 21.9. The molecule has 3 aromatic carbocycles. The number of nitrogens with two attached hydrogens (primary N) is 1. The molecule has 0 unspecified atom stereocenters. The van der Waals surface area contributed by atoms with Crippen LogP contribution >= 0.6 is 0 Å². The van der Waals surface area contributed by atoms with Crippen molar-refractivity contribution < 1.29 is 9.59 Å². The van der Waals surface area contributed by atoms with Crippen molar-refractivity contribution in [3.05, 3.63) is 89.5 Å². The molecule has 0 fully saturated rings. The molecular formula is C25H27N3O2. The Balaban J connectivity index is 1.56. The van der Waals surface area contributed by atoms with Gasteiger partial charge in [-0.05, 0) is 65.1 Å². The Bertz CT molecular complexity index is 1020. The Hall–Kier alpha value is -3.60. The third-order valence-electron chi connectivity index (χ3n) is 4.78. The van der Waals surface area contributed by atoms with Crippen LogP contribution in [0.5, 0.6) is 0 Å². The summed E-state index contributed by atoms with van der Waals surface area (Å²) in [5.74, 6) is -0.286. The maximum atomic E-state index is 12.5. The minimum atomic E-state index is -0.171. The second kappa shape index (κ2) is 8.82. The first kappa shape index (κ1) is 21.1. The van der Waals surface area contributed by atoms with Crippen molar-refractivity contribution in [2.24, 2.45) is 0 Å². The van der Waals surface area contributed by atoms with Gasteiger partial charge in [-0.2, -0.15) is 0 Å². The second-order valence-corrected chi connectivity index (χ2v) is 8.33. The molecule has 0 heterocycles. The van der Waals surface area contributed by atoms with Crippen molar-refractivity contribution in [1.29, 1.82) is 0 Å². The summed E-state index contributed by atoms with van der Waals surface area (Å²) in [5, 5.41) is 5.73. The molecule has 0 saturated carbocycles. The lowest BCUT2D eigenvalue weighted by Crippen LogP contribution is -2.15. The van der Waals surface area contributed by atoms with Crippen LogP contribution in [-0.4, -0.2) is 11.8 Å². The Morgan fingerprint density at radius 2 is 1.30 bits per heavy atom. The van der Waals surface area contributed by atoms with Crippen LogP contribution in [0.2, 0.25) is 0 Å². The number of hydrogen-bond donors (Lipinski definition) is 3. The third-order valence-corrected chi connectivity index (χ3v) is 4.78. The van der Waals surface area contributed by atoms with E-state index < -0.39 is 0 Å². The van der Waals surface area contributed by atoms with Crippen molar-refractivity contribution in [3.63, 3.8) is 0 Å². The number of nitrogen functional groups attached to an aromatic ring is 1. The lowest BCUT2D eigenvalue weighted by Gasteiger charge is -2.19. The van der Waals surface area contributed by atoms with Crippen molar-refractivity contribution in [2.45, 2.75) is 32.6 Å². The van der Waals surface area contributed by atoms with Crippen molar-refractivity contribution >= 4 is 28.9 Å². The highest BCUT2D eigenvalue weighted by atomic mass is 16.2. The monoisotopic (exact) mass is 401 g/mol. The minimum absolute atomic E-state index is 0.0448.